The van der Waals surface area contributed by atoms with Gasteiger partial charge in [-0.3, -0.25) is 0 Å². The van der Waals surface area contributed by atoms with Crippen molar-refractivity contribution in [2.75, 3.05) is 7.11 Å². The maximum atomic E-state index is 5.24. The molecule has 0 fully saturated rings. The Morgan fingerprint density at radius 2 is 1.45 bits per heavy atom. The maximum absolute atomic E-state index is 5.24. The highest BCUT2D eigenvalue weighted by molar-refractivity contribution is 5.70. The minimum Gasteiger partial charge on any atom is -0.497 e. The Labute approximate surface area is 122 Å². The van der Waals surface area contributed by atoms with Crippen molar-refractivity contribution in [3.8, 4) is 16.9 Å². The zero-order chi connectivity index (χ0) is 14.7. The molecule has 0 aliphatic heterocycles. The van der Waals surface area contributed by atoms with Crippen molar-refractivity contribution in [3.05, 3.63) is 53.6 Å². The van der Waals surface area contributed by atoms with Gasteiger partial charge in [0.15, 0.2) is 0 Å². The summed E-state index contributed by atoms with van der Waals surface area (Å²) in [5.74, 6) is 1.97. The van der Waals surface area contributed by atoms with Gasteiger partial charge in [-0.1, -0.05) is 58.0 Å². The van der Waals surface area contributed by atoms with Gasteiger partial charge >= 0.3 is 0 Å². The van der Waals surface area contributed by atoms with E-state index >= 15 is 0 Å². The molecule has 0 unspecified atom stereocenters. The van der Waals surface area contributed by atoms with Gasteiger partial charge in [-0.05, 0) is 46.2 Å². The van der Waals surface area contributed by atoms with E-state index in [1.54, 1.807) is 7.11 Å². The van der Waals surface area contributed by atoms with Gasteiger partial charge in [0.2, 0.25) is 0 Å². The molecule has 0 aliphatic carbocycles. The molecular formula is C19H24O. The van der Waals surface area contributed by atoms with E-state index in [9.17, 15) is 0 Å². The summed E-state index contributed by atoms with van der Waals surface area (Å²) in [6.07, 6.45) is 0. The van der Waals surface area contributed by atoms with Crippen LogP contribution < -0.4 is 4.74 Å². The number of rotatable bonds is 4. The first kappa shape index (κ1) is 14.6. The van der Waals surface area contributed by atoms with E-state index in [0.717, 1.165) is 5.75 Å². The SMILES string of the molecule is COc1ccc(-c2cccc(C(C)C)c2C(C)C)cc1. The molecule has 0 heterocycles. The van der Waals surface area contributed by atoms with E-state index in [2.05, 4.69) is 58.0 Å². The number of methoxy groups -OCH3 is 1. The molecule has 0 aliphatic rings. The Hall–Kier alpha value is -1.76. The molecule has 0 radical (unpaired) electrons. The highest BCUT2D eigenvalue weighted by Gasteiger charge is 2.15. The van der Waals surface area contributed by atoms with Gasteiger partial charge in [-0.25, -0.2) is 0 Å². The molecule has 2 aromatic carbocycles. The number of benzene rings is 2. The normalized spacial score (nSPS) is 11.2. The summed E-state index contributed by atoms with van der Waals surface area (Å²) in [6.45, 7) is 9.07. The molecule has 0 aromatic heterocycles. The van der Waals surface area contributed by atoms with Crippen molar-refractivity contribution >= 4 is 0 Å². The Kier molecular flexibility index (Phi) is 4.49. The van der Waals surface area contributed by atoms with Gasteiger partial charge in [0.25, 0.3) is 0 Å². The van der Waals surface area contributed by atoms with E-state index in [1.165, 1.54) is 22.3 Å². The van der Waals surface area contributed by atoms with Crippen molar-refractivity contribution in [2.45, 2.75) is 39.5 Å². The summed E-state index contributed by atoms with van der Waals surface area (Å²) in [5, 5.41) is 0. The first-order valence-electron chi connectivity index (χ1n) is 7.31. The van der Waals surface area contributed by atoms with Crippen LogP contribution in [0.5, 0.6) is 5.75 Å². The molecule has 0 N–H and O–H groups in total. The van der Waals surface area contributed by atoms with Crippen molar-refractivity contribution in [3.63, 3.8) is 0 Å². The summed E-state index contributed by atoms with van der Waals surface area (Å²) in [4.78, 5) is 0. The summed E-state index contributed by atoms with van der Waals surface area (Å²) in [6, 6.07) is 15.0. The second-order valence-electron chi connectivity index (χ2n) is 5.85. The van der Waals surface area contributed by atoms with Crippen molar-refractivity contribution in [1.29, 1.82) is 0 Å². The highest BCUT2D eigenvalue weighted by atomic mass is 16.5. The minimum atomic E-state index is 0.519. The van der Waals surface area contributed by atoms with Crippen LogP contribution in [0.25, 0.3) is 11.1 Å². The summed E-state index contributed by atoms with van der Waals surface area (Å²) < 4.78 is 5.24. The van der Waals surface area contributed by atoms with Crippen molar-refractivity contribution < 1.29 is 4.74 Å². The lowest BCUT2D eigenvalue weighted by Gasteiger charge is -2.20. The molecule has 2 rings (SSSR count). The molecule has 2 aromatic rings. The molecule has 1 heteroatoms. The zero-order valence-electron chi connectivity index (χ0n) is 13.1. The van der Waals surface area contributed by atoms with Crippen LogP contribution >= 0.6 is 0 Å². The van der Waals surface area contributed by atoms with Crippen molar-refractivity contribution in [1.82, 2.24) is 0 Å². The first-order chi connectivity index (χ1) is 9.54. The third-order valence-corrected chi connectivity index (χ3v) is 3.74. The Morgan fingerprint density at radius 1 is 0.800 bits per heavy atom. The third kappa shape index (κ3) is 2.87. The molecule has 20 heavy (non-hydrogen) atoms. The number of ether oxygens (including phenoxy) is 1. The first-order valence-corrected chi connectivity index (χ1v) is 7.31. The summed E-state index contributed by atoms with van der Waals surface area (Å²) in [7, 11) is 1.70. The molecule has 0 atom stereocenters. The van der Waals surface area contributed by atoms with Crippen LogP contribution in [0.2, 0.25) is 0 Å². The lowest BCUT2D eigenvalue weighted by Crippen LogP contribution is -2.01. The molecule has 0 saturated carbocycles. The van der Waals surface area contributed by atoms with E-state index in [4.69, 9.17) is 4.74 Å². The van der Waals surface area contributed by atoms with Gasteiger partial charge in [-0.2, -0.15) is 0 Å². The Balaban J connectivity index is 2.57. The quantitative estimate of drug-likeness (QED) is 0.700. The Bertz CT molecular complexity index is 565. The van der Waals surface area contributed by atoms with Crippen LogP contribution in [0.1, 0.15) is 50.7 Å². The van der Waals surface area contributed by atoms with E-state index in [0.29, 0.717) is 11.8 Å². The largest absolute Gasteiger partial charge is 0.497 e. The lowest BCUT2D eigenvalue weighted by molar-refractivity contribution is 0.415. The van der Waals surface area contributed by atoms with Crippen molar-refractivity contribution in [2.24, 2.45) is 0 Å². The standard InChI is InChI=1S/C19H24O/c1-13(2)17-7-6-8-18(19(17)14(3)4)15-9-11-16(20-5)12-10-15/h6-14H,1-5H3. The molecule has 0 bridgehead atoms. The highest BCUT2D eigenvalue weighted by Crippen LogP contribution is 2.35. The zero-order valence-corrected chi connectivity index (χ0v) is 13.1. The smallest absolute Gasteiger partial charge is 0.118 e. The number of hydrogen-bond acceptors (Lipinski definition) is 1. The predicted molar refractivity (Wildman–Crippen MR) is 86.6 cm³/mol. The van der Waals surface area contributed by atoms with Gasteiger partial charge in [0.1, 0.15) is 5.75 Å². The average Bonchev–Trinajstić information content (AvgIpc) is 2.46. The molecule has 106 valence electrons. The topological polar surface area (TPSA) is 9.23 Å². The second kappa shape index (κ2) is 6.13. The van der Waals surface area contributed by atoms with Gasteiger partial charge in [0, 0.05) is 0 Å². The van der Waals surface area contributed by atoms with Crippen LogP contribution in [0.3, 0.4) is 0 Å². The van der Waals surface area contributed by atoms with Gasteiger partial charge in [-0.15, -0.1) is 0 Å². The van der Waals surface area contributed by atoms with Crippen LogP contribution in [-0.2, 0) is 0 Å². The fraction of sp³-hybridized carbons (Fsp3) is 0.368. The predicted octanol–water partition coefficient (Wildman–Crippen LogP) is 5.61. The lowest BCUT2D eigenvalue weighted by atomic mass is 9.84. The molecule has 1 nitrogen and oxygen atoms in total. The van der Waals surface area contributed by atoms with Gasteiger partial charge < -0.3 is 4.74 Å². The third-order valence-electron chi connectivity index (χ3n) is 3.74. The average molecular weight is 268 g/mol. The fourth-order valence-corrected chi connectivity index (χ4v) is 2.75. The maximum Gasteiger partial charge on any atom is 0.118 e. The second-order valence-corrected chi connectivity index (χ2v) is 5.85. The van der Waals surface area contributed by atoms with E-state index in [-0.39, 0.29) is 0 Å². The van der Waals surface area contributed by atoms with Crippen LogP contribution in [0.15, 0.2) is 42.5 Å². The molecule has 0 amide bonds. The van der Waals surface area contributed by atoms with Gasteiger partial charge in [0.05, 0.1) is 7.11 Å². The molecule has 0 saturated heterocycles. The summed E-state index contributed by atoms with van der Waals surface area (Å²) >= 11 is 0. The minimum absolute atomic E-state index is 0.519. The monoisotopic (exact) mass is 268 g/mol. The molecule has 0 spiro atoms. The fourth-order valence-electron chi connectivity index (χ4n) is 2.75. The van der Waals surface area contributed by atoms with E-state index < -0.39 is 0 Å². The molecular weight excluding hydrogens is 244 g/mol. The van der Waals surface area contributed by atoms with Crippen LogP contribution in [-0.4, -0.2) is 7.11 Å². The van der Waals surface area contributed by atoms with Crippen LogP contribution in [0, 0.1) is 0 Å². The summed E-state index contributed by atoms with van der Waals surface area (Å²) in [5.41, 5.74) is 5.52. The van der Waals surface area contributed by atoms with E-state index in [1.807, 2.05) is 12.1 Å². The van der Waals surface area contributed by atoms with Crippen LogP contribution in [0.4, 0.5) is 0 Å². The number of hydrogen-bond donors (Lipinski definition) is 0. The Morgan fingerprint density at radius 3 is 1.95 bits per heavy atom.